The normalized spacial score (nSPS) is 16.8. The minimum absolute atomic E-state index is 0.280. The van der Waals surface area contributed by atoms with E-state index in [-0.39, 0.29) is 5.41 Å². The van der Waals surface area contributed by atoms with Crippen LogP contribution in [0.15, 0.2) is 28.7 Å². The standard InChI is InChI=1S/C14H20BrN3/c1-18(9-11-4-2-3-5-12(11)15)10-14(6-7-14)8-13(16)17/h2-5H,6-10H2,1H3,(H3,16,17). The molecule has 0 atom stereocenters. The lowest BCUT2D eigenvalue weighted by atomic mass is 10.0. The molecule has 1 aliphatic rings. The molecule has 3 nitrogen and oxygen atoms in total. The average molecular weight is 310 g/mol. The van der Waals surface area contributed by atoms with Crippen molar-refractivity contribution in [3.05, 3.63) is 34.3 Å². The summed E-state index contributed by atoms with van der Waals surface area (Å²) >= 11 is 3.58. The Morgan fingerprint density at radius 2 is 2.11 bits per heavy atom. The lowest BCUT2D eigenvalue weighted by molar-refractivity contribution is 0.259. The van der Waals surface area contributed by atoms with Crippen LogP contribution in [0.3, 0.4) is 0 Å². The van der Waals surface area contributed by atoms with Crippen LogP contribution in [0.1, 0.15) is 24.8 Å². The second-order valence-corrected chi connectivity index (χ2v) is 6.32. The van der Waals surface area contributed by atoms with Gasteiger partial charge in [0.15, 0.2) is 0 Å². The van der Waals surface area contributed by atoms with Gasteiger partial charge in [0, 0.05) is 24.0 Å². The van der Waals surface area contributed by atoms with Gasteiger partial charge in [0.2, 0.25) is 0 Å². The maximum Gasteiger partial charge on any atom is 0.0911 e. The molecule has 1 fully saturated rings. The van der Waals surface area contributed by atoms with Crippen molar-refractivity contribution in [1.29, 1.82) is 5.41 Å². The number of nitrogens with zero attached hydrogens (tertiary/aromatic N) is 1. The second kappa shape index (κ2) is 5.41. The average Bonchev–Trinajstić information content (AvgIpc) is 3.00. The Morgan fingerprint density at radius 1 is 1.44 bits per heavy atom. The van der Waals surface area contributed by atoms with Crippen LogP contribution in [0.5, 0.6) is 0 Å². The summed E-state index contributed by atoms with van der Waals surface area (Å²) in [5, 5.41) is 7.44. The van der Waals surface area contributed by atoms with Gasteiger partial charge in [-0.15, -0.1) is 0 Å². The van der Waals surface area contributed by atoms with Gasteiger partial charge in [-0.2, -0.15) is 0 Å². The largest absolute Gasteiger partial charge is 0.388 e. The van der Waals surface area contributed by atoms with Crippen molar-refractivity contribution >= 4 is 21.8 Å². The molecule has 2 rings (SSSR count). The van der Waals surface area contributed by atoms with Crippen LogP contribution in [0.25, 0.3) is 0 Å². The Labute approximate surface area is 117 Å². The van der Waals surface area contributed by atoms with Crippen LogP contribution in [-0.4, -0.2) is 24.3 Å². The van der Waals surface area contributed by atoms with Gasteiger partial charge in [0.05, 0.1) is 5.84 Å². The van der Waals surface area contributed by atoms with E-state index < -0.39 is 0 Å². The molecule has 1 aromatic carbocycles. The highest BCUT2D eigenvalue weighted by molar-refractivity contribution is 9.10. The Morgan fingerprint density at radius 3 is 2.67 bits per heavy atom. The summed E-state index contributed by atoms with van der Waals surface area (Å²) < 4.78 is 1.16. The summed E-state index contributed by atoms with van der Waals surface area (Å²) in [7, 11) is 2.14. The van der Waals surface area contributed by atoms with Crippen LogP contribution in [0, 0.1) is 10.8 Å². The Kier molecular flexibility index (Phi) is 4.07. The van der Waals surface area contributed by atoms with Crippen LogP contribution in [0.2, 0.25) is 0 Å². The summed E-state index contributed by atoms with van der Waals surface area (Å²) in [6.45, 7) is 1.95. The first-order valence-electron chi connectivity index (χ1n) is 6.26. The second-order valence-electron chi connectivity index (χ2n) is 5.47. The van der Waals surface area contributed by atoms with E-state index in [0.29, 0.717) is 5.84 Å². The van der Waals surface area contributed by atoms with Crippen molar-refractivity contribution in [2.24, 2.45) is 11.1 Å². The van der Waals surface area contributed by atoms with Crippen molar-refractivity contribution in [2.75, 3.05) is 13.6 Å². The molecular formula is C14H20BrN3. The number of amidine groups is 1. The van der Waals surface area contributed by atoms with E-state index in [1.54, 1.807) is 0 Å². The molecule has 0 saturated heterocycles. The molecule has 1 aliphatic carbocycles. The summed E-state index contributed by atoms with van der Waals surface area (Å²) in [4.78, 5) is 2.33. The van der Waals surface area contributed by atoms with Crippen LogP contribution in [0.4, 0.5) is 0 Å². The van der Waals surface area contributed by atoms with E-state index in [1.807, 2.05) is 6.07 Å². The highest BCUT2D eigenvalue weighted by atomic mass is 79.9. The first-order valence-corrected chi connectivity index (χ1v) is 7.05. The number of benzene rings is 1. The van der Waals surface area contributed by atoms with Gasteiger partial charge in [0.1, 0.15) is 0 Å². The molecule has 4 heteroatoms. The van der Waals surface area contributed by atoms with Crippen molar-refractivity contribution in [3.63, 3.8) is 0 Å². The van der Waals surface area contributed by atoms with E-state index in [1.165, 1.54) is 18.4 Å². The number of hydrogen-bond donors (Lipinski definition) is 2. The Hall–Kier alpha value is -0.870. The first-order chi connectivity index (χ1) is 8.51. The van der Waals surface area contributed by atoms with E-state index in [0.717, 1.165) is 24.0 Å². The summed E-state index contributed by atoms with van der Waals surface area (Å²) in [5.74, 6) is 0.321. The van der Waals surface area contributed by atoms with Gasteiger partial charge in [0.25, 0.3) is 0 Å². The highest BCUT2D eigenvalue weighted by Crippen LogP contribution is 2.49. The number of nitrogens with one attached hydrogen (secondary N) is 1. The van der Waals surface area contributed by atoms with Gasteiger partial charge in [-0.3, -0.25) is 5.41 Å². The number of rotatable bonds is 6. The lowest BCUT2D eigenvalue weighted by Gasteiger charge is -2.23. The Bertz CT molecular complexity index is 440. The predicted molar refractivity (Wildman–Crippen MR) is 78.7 cm³/mol. The number of nitrogens with two attached hydrogens (primary N) is 1. The van der Waals surface area contributed by atoms with Gasteiger partial charge in [-0.05, 0) is 36.9 Å². The predicted octanol–water partition coefficient (Wildman–Crippen LogP) is 2.99. The van der Waals surface area contributed by atoms with E-state index in [2.05, 4.69) is 46.1 Å². The number of halogens is 1. The SMILES string of the molecule is CN(Cc1ccccc1Br)CC1(CC(=N)N)CC1. The summed E-state index contributed by atoms with van der Waals surface area (Å²) in [6.07, 6.45) is 3.15. The quantitative estimate of drug-likeness (QED) is 0.627. The third-order valence-electron chi connectivity index (χ3n) is 3.53. The zero-order chi connectivity index (χ0) is 13.2. The molecule has 0 amide bonds. The molecule has 0 radical (unpaired) electrons. The fraction of sp³-hybridized carbons (Fsp3) is 0.500. The summed E-state index contributed by atoms with van der Waals surface area (Å²) in [6, 6.07) is 8.32. The molecular weight excluding hydrogens is 290 g/mol. The van der Waals surface area contributed by atoms with Crippen molar-refractivity contribution in [2.45, 2.75) is 25.8 Å². The minimum Gasteiger partial charge on any atom is -0.388 e. The molecule has 0 spiro atoms. The fourth-order valence-electron chi connectivity index (χ4n) is 2.52. The third kappa shape index (κ3) is 3.56. The van der Waals surface area contributed by atoms with Gasteiger partial charge >= 0.3 is 0 Å². The molecule has 1 aromatic rings. The van der Waals surface area contributed by atoms with Gasteiger partial charge in [-0.25, -0.2) is 0 Å². The molecule has 0 bridgehead atoms. The molecule has 0 aromatic heterocycles. The van der Waals surface area contributed by atoms with E-state index in [4.69, 9.17) is 11.1 Å². The maximum absolute atomic E-state index is 7.44. The molecule has 1 saturated carbocycles. The molecule has 3 N–H and O–H groups in total. The molecule has 0 aliphatic heterocycles. The zero-order valence-corrected chi connectivity index (χ0v) is 12.3. The molecule has 98 valence electrons. The van der Waals surface area contributed by atoms with Gasteiger partial charge in [-0.1, -0.05) is 34.1 Å². The minimum atomic E-state index is 0.280. The molecule has 18 heavy (non-hydrogen) atoms. The van der Waals surface area contributed by atoms with Crippen LogP contribution >= 0.6 is 15.9 Å². The van der Waals surface area contributed by atoms with Crippen molar-refractivity contribution in [1.82, 2.24) is 4.90 Å². The smallest absolute Gasteiger partial charge is 0.0911 e. The van der Waals surface area contributed by atoms with Crippen LogP contribution < -0.4 is 5.73 Å². The first kappa shape index (κ1) is 13.6. The maximum atomic E-state index is 7.44. The van der Waals surface area contributed by atoms with E-state index >= 15 is 0 Å². The Balaban J connectivity index is 1.91. The third-order valence-corrected chi connectivity index (χ3v) is 4.30. The highest BCUT2D eigenvalue weighted by Gasteiger charge is 2.43. The van der Waals surface area contributed by atoms with Crippen molar-refractivity contribution < 1.29 is 0 Å². The van der Waals surface area contributed by atoms with Crippen LogP contribution in [-0.2, 0) is 6.54 Å². The van der Waals surface area contributed by atoms with E-state index in [9.17, 15) is 0 Å². The zero-order valence-electron chi connectivity index (χ0n) is 10.7. The fourth-order valence-corrected chi connectivity index (χ4v) is 2.93. The monoisotopic (exact) mass is 309 g/mol. The topological polar surface area (TPSA) is 53.1 Å². The lowest BCUT2D eigenvalue weighted by Crippen LogP contribution is -2.29. The number of hydrogen-bond acceptors (Lipinski definition) is 2. The summed E-state index contributed by atoms with van der Waals surface area (Å²) in [5.41, 5.74) is 7.11. The molecule has 0 unspecified atom stereocenters. The van der Waals surface area contributed by atoms with Gasteiger partial charge < -0.3 is 10.6 Å². The molecule has 0 heterocycles. The van der Waals surface area contributed by atoms with Crippen molar-refractivity contribution in [3.8, 4) is 0 Å².